The SMILES string of the molecule is CCOC(=O)CCCCc1ccc(Oc2ccc(C(F)(F)F)cn2)cc1. The highest BCUT2D eigenvalue weighted by Gasteiger charge is 2.30. The minimum Gasteiger partial charge on any atom is -0.466 e. The van der Waals surface area contributed by atoms with Gasteiger partial charge in [-0.1, -0.05) is 12.1 Å². The largest absolute Gasteiger partial charge is 0.466 e. The minimum absolute atomic E-state index is 0.0974. The molecule has 0 spiro atoms. The molecular weight excluding hydrogens is 347 g/mol. The Hall–Kier alpha value is -2.57. The standard InChI is InChI=1S/C19H20F3NO3/c1-2-25-18(24)6-4-3-5-14-7-10-16(11-8-14)26-17-12-9-15(13-23-17)19(20,21)22/h7-13H,2-6H2,1H3. The average Bonchev–Trinajstić information content (AvgIpc) is 2.60. The fourth-order valence-corrected chi connectivity index (χ4v) is 2.28. The number of rotatable bonds is 8. The molecule has 0 atom stereocenters. The van der Waals surface area contributed by atoms with E-state index in [1.54, 1.807) is 19.1 Å². The van der Waals surface area contributed by atoms with Crippen molar-refractivity contribution in [3.8, 4) is 11.6 Å². The molecule has 1 aromatic heterocycles. The summed E-state index contributed by atoms with van der Waals surface area (Å²) in [6, 6.07) is 9.35. The summed E-state index contributed by atoms with van der Waals surface area (Å²) in [6.45, 7) is 2.18. The quantitative estimate of drug-likeness (QED) is 0.477. The van der Waals surface area contributed by atoms with Crippen LogP contribution in [0.15, 0.2) is 42.6 Å². The number of carbonyl (C=O) groups is 1. The maximum absolute atomic E-state index is 12.5. The van der Waals surface area contributed by atoms with E-state index in [2.05, 4.69) is 4.98 Å². The molecule has 4 nitrogen and oxygen atoms in total. The first-order valence-corrected chi connectivity index (χ1v) is 8.34. The third-order valence-corrected chi connectivity index (χ3v) is 3.61. The van der Waals surface area contributed by atoms with Crippen molar-refractivity contribution in [2.75, 3.05) is 6.61 Å². The fourth-order valence-electron chi connectivity index (χ4n) is 2.28. The number of hydrogen-bond donors (Lipinski definition) is 0. The zero-order chi connectivity index (χ0) is 19.0. The number of halogens is 3. The lowest BCUT2D eigenvalue weighted by atomic mass is 10.1. The second-order valence-electron chi connectivity index (χ2n) is 5.64. The second kappa shape index (κ2) is 9.22. The van der Waals surface area contributed by atoms with Gasteiger partial charge in [0.25, 0.3) is 0 Å². The van der Waals surface area contributed by atoms with Crippen LogP contribution in [0, 0.1) is 0 Å². The number of carbonyl (C=O) groups excluding carboxylic acids is 1. The van der Waals surface area contributed by atoms with Gasteiger partial charge in [0, 0.05) is 18.7 Å². The molecule has 0 unspecified atom stereocenters. The van der Waals surface area contributed by atoms with E-state index in [-0.39, 0.29) is 11.8 Å². The highest BCUT2D eigenvalue weighted by Crippen LogP contribution is 2.30. The molecular formula is C19H20F3NO3. The molecule has 0 aliphatic heterocycles. The van der Waals surface area contributed by atoms with Crippen LogP contribution in [0.4, 0.5) is 13.2 Å². The minimum atomic E-state index is -4.42. The van der Waals surface area contributed by atoms with Crippen molar-refractivity contribution in [2.24, 2.45) is 0 Å². The van der Waals surface area contributed by atoms with E-state index < -0.39 is 11.7 Å². The van der Waals surface area contributed by atoms with Crippen molar-refractivity contribution < 1.29 is 27.4 Å². The zero-order valence-corrected chi connectivity index (χ0v) is 14.4. The van der Waals surface area contributed by atoms with E-state index in [4.69, 9.17) is 9.47 Å². The van der Waals surface area contributed by atoms with Crippen LogP contribution in [0.1, 0.15) is 37.3 Å². The molecule has 1 heterocycles. The van der Waals surface area contributed by atoms with Gasteiger partial charge in [0.05, 0.1) is 12.2 Å². The highest BCUT2D eigenvalue weighted by molar-refractivity contribution is 5.69. The third kappa shape index (κ3) is 6.38. The molecule has 0 saturated heterocycles. The van der Waals surface area contributed by atoms with E-state index >= 15 is 0 Å². The van der Waals surface area contributed by atoms with Crippen molar-refractivity contribution in [3.05, 3.63) is 53.7 Å². The average molecular weight is 367 g/mol. The van der Waals surface area contributed by atoms with Crippen LogP contribution in [0.2, 0.25) is 0 Å². The van der Waals surface area contributed by atoms with Crippen molar-refractivity contribution in [1.29, 1.82) is 0 Å². The first-order valence-electron chi connectivity index (χ1n) is 8.34. The van der Waals surface area contributed by atoms with Crippen molar-refractivity contribution in [2.45, 2.75) is 38.8 Å². The molecule has 1 aromatic carbocycles. The van der Waals surface area contributed by atoms with Crippen LogP contribution in [0.25, 0.3) is 0 Å². The number of alkyl halides is 3. The molecule has 0 bridgehead atoms. The molecule has 2 rings (SSSR count). The number of hydrogen-bond acceptors (Lipinski definition) is 4. The molecule has 0 radical (unpaired) electrons. The van der Waals surface area contributed by atoms with E-state index in [1.807, 2.05) is 12.1 Å². The smallest absolute Gasteiger partial charge is 0.417 e. The van der Waals surface area contributed by atoms with Gasteiger partial charge >= 0.3 is 12.1 Å². The Morgan fingerprint density at radius 2 is 1.81 bits per heavy atom. The normalized spacial score (nSPS) is 11.2. The molecule has 0 aliphatic rings. The predicted molar refractivity (Wildman–Crippen MR) is 89.9 cm³/mol. The number of benzene rings is 1. The van der Waals surface area contributed by atoms with Gasteiger partial charge in [0.1, 0.15) is 5.75 Å². The van der Waals surface area contributed by atoms with Crippen LogP contribution in [-0.4, -0.2) is 17.6 Å². The number of ether oxygens (including phenoxy) is 2. The van der Waals surface area contributed by atoms with Crippen LogP contribution in [0.3, 0.4) is 0 Å². The number of aryl methyl sites for hydroxylation is 1. The van der Waals surface area contributed by atoms with E-state index in [0.29, 0.717) is 18.8 Å². The van der Waals surface area contributed by atoms with Crippen LogP contribution in [-0.2, 0) is 22.1 Å². The van der Waals surface area contributed by atoms with Gasteiger partial charge < -0.3 is 9.47 Å². The van der Waals surface area contributed by atoms with Crippen molar-refractivity contribution in [3.63, 3.8) is 0 Å². The molecule has 0 saturated carbocycles. The lowest BCUT2D eigenvalue weighted by Crippen LogP contribution is -2.05. The summed E-state index contributed by atoms with van der Waals surface area (Å²) in [4.78, 5) is 14.9. The predicted octanol–water partition coefficient (Wildman–Crippen LogP) is 5.17. The van der Waals surface area contributed by atoms with Gasteiger partial charge in [-0.25, -0.2) is 4.98 Å². The first-order chi connectivity index (χ1) is 12.4. The number of unbranched alkanes of at least 4 members (excludes halogenated alkanes) is 1. The number of pyridine rings is 1. The summed E-state index contributed by atoms with van der Waals surface area (Å²) >= 11 is 0. The van der Waals surface area contributed by atoms with Gasteiger partial charge in [0.15, 0.2) is 0 Å². The zero-order valence-electron chi connectivity index (χ0n) is 14.4. The monoisotopic (exact) mass is 367 g/mol. The molecule has 0 aliphatic carbocycles. The van der Waals surface area contributed by atoms with Gasteiger partial charge in [0.2, 0.25) is 5.88 Å². The Bertz CT molecular complexity index is 697. The lowest BCUT2D eigenvalue weighted by Gasteiger charge is -2.08. The Morgan fingerprint density at radius 1 is 1.08 bits per heavy atom. The summed E-state index contributed by atoms with van der Waals surface area (Å²) < 4.78 is 47.8. The summed E-state index contributed by atoms with van der Waals surface area (Å²) in [5.41, 5.74) is 0.268. The van der Waals surface area contributed by atoms with E-state index in [0.717, 1.165) is 37.1 Å². The molecule has 7 heteroatoms. The molecule has 0 N–H and O–H groups in total. The van der Waals surface area contributed by atoms with Gasteiger partial charge in [-0.05, 0) is 49.9 Å². The van der Waals surface area contributed by atoms with Crippen LogP contribution >= 0.6 is 0 Å². The van der Waals surface area contributed by atoms with Gasteiger partial charge in [-0.2, -0.15) is 13.2 Å². The molecule has 2 aromatic rings. The maximum Gasteiger partial charge on any atom is 0.417 e. The topological polar surface area (TPSA) is 48.4 Å². The molecule has 0 fully saturated rings. The third-order valence-electron chi connectivity index (χ3n) is 3.61. The summed E-state index contributed by atoms with van der Waals surface area (Å²) in [7, 11) is 0. The number of aromatic nitrogens is 1. The molecule has 26 heavy (non-hydrogen) atoms. The Balaban J connectivity index is 1.81. The molecule has 0 amide bonds. The van der Waals surface area contributed by atoms with E-state index in [1.165, 1.54) is 6.07 Å². The van der Waals surface area contributed by atoms with Crippen LogP contribution in [0.5, 0.6) is 11.6 Å². The Kier molecular flexibility index (Phi) is 7.00. The van der Waals surface area contributed by atoms with Crippen LogP contribution < -0.4 is 4.74 Å². The van der Waals surface area contributed by atoms with E-state index in [9.17, 15) is 18.0 Å². The Morgan fingerprint density at radius 3 is 2.38 bits per heavy atom. The number of nitrogens with zero attached hydrogens (tertiary/aromatic N) is 1. The van der Waals surface area contributed by atoms with Gasteiger partial charge in [-0.15, -0.1) is 0 Å². The summed E-state index contributed by atoms with van der Waals surface area (Å²) in [5.74, 6) is 0.410. The maximum atomic E-state index is 12.5. The first kappa shape index (κ1) is 19.8. The summed E-state index contributed by atoms with van der Waals surface area (Å²) in [6.07, 6.45) is -0.827. The summed E-state index contributed by atoms with van der Waals surface area (Å²) in [5, 5.41) is 0. The second-order valence-corrected chi connectivity index (χ2v) is 5.64. The van der Waals surface area contributed by atoms with Crippen molar-refractivity contribution >= 4 is 5.97 Å². The van der Waals surface area contributed by atoms with Crippen molar-refractivity contribution in [1.82, 2.24) is 4.98 Å². The van der Waals surface area contributed by atoms with Gasteiger partial charge in [-0.3, -0.25) is 4.79 Å². The fraction of sp³-hybridized carbons (Fsp3) is 0.368. The highest BCUT2D eigenvalue weighted by atomic mass is 19.4. The lowest BCUT2D eigenvalue weighted by molar-refractivity contribution is -0.143. The Labute approximate surface area is 150 Å². The molecule has 140 valence electrons. The number of esters is 1.